The molecule has 0 aromatic carbocycles. The molecule has 0 rings (SSSR count). The predicted octanol–water partition coefficient (Wildman–Crippen LogP) is 23.2. The Balaban J connectivity index is 4.19. The first kappa shape index (κ1) is 75.8. The third kappa shape index (κ3) is 64.6. The second kappa shape index (κ2) is 67.3. The molecule has 0 aromatic heterocycles. The van der Waals surface area contributed by atoms with Gasteiger partial charge in [0, 0.05) is 19.3 Å². The fourth-order valence-corrected chi connectivity index (χ4v) is 9.23. The first-order valence-electron chi connectivity index (χ1n) is 33.5. The van der Waals surface area contributed by atoms with Crippen molar-refractivity contribution in [3.63, 3.8) is 0 Å². The highest BCUT2D eigenvalue weighted by Crippen LogP contribution is 2.17. The molecule has 1 unspecified atom stereocenters. The van der Waals surface area contributed by atoms with Crippen molar-refractivity contribution in [3.05, 3.63) is 122 Å². The van der Waals surface area contributed by atoms with Crippen LogP contribution in [0.25, 0.3) is 0 Å². The highest BCUT2D eigenvalue weighted by Gasteiger charge is 2.19. The number of unbranched alkanes of at least 4 members (excludes halogenated alkanes) is 29. The standard InChI is InChI=1S/C74H124O6/c1-4-7-10-13-16-19-22-24-26-28-30-32-33-34-35-36-37-38-39-40-41-43-44-46-48-50-52-55-58-61-64-67-73(76)79-70-71(69-78-72(75)66-63-60-57-54-21-18-15-12-9-6-3)80-74(77)68-65-62-59-56-53-51-49-47-45-42-31-29-27-25-23-20-17-14-11-8-5-2/h7-8,10-12,15-17,19-20,24-27,30-32,42,47,49,71H,4-6,9,13-14,18,21-23,28-29,33-41,43-46,48,50-70H2,1-3H3/b10-7-,11-8-,15-12-,19-16-,20-17-,26-24-,27-25-,32-30-,42-31-,49-47-. The Bertz CT molecular complexity index is 1650. The van der Waals surface area contributed by atoms with E-state index in [1.807, 2.05) is 0 Å². The summed E-state index contributed by atoms with van der Waals surface area (Å²) in [5.74, 6) is -0.911. The Morgan fingerprint density at radius 1 is 0.263 bits per heavy atom. The zero-order valence-electron chi connectivity index (χ0n) is 52.3. The highest BCUT2D eigenvalue weighted by atomic mass is 16.6. The lowest BCUT2D eigenvalue weighted by atomic mass is 10.0. The summed E-state index contributed by atoms with van der Waals surface area (Å²) in [4.78, 5) is 38.3. The molecule has 0 aliphatic rings. The van der Waals surface area contributed by atoms with Crippen LogP contribution < -0.4 is 0 Å². The van der Waals surface area contributed by atoms with Crippen molar-refractivity contribution in [2.45, 2.75) is 316 Å². The molecule has 0 aliphatic carbocycles. The van der Waals surface area contributed by atoms with Crippen molar-refractivity contribution in [2.75, 3.05) is 13.2 Å². The summed E-state index contributed by atoms with van der Waals surface area (Å²) in [5.41, 5.74) is 0. The maximum atomic E-state index is 12.9. The topological polar surface area (TPSA) is 78.9 Å². The Kier molecular flexibility index (Phi) is 63.8. The first-order valence-corrected chi connectivity index (χ1v) is 33.5. The predicted molar refractivity (Wildman–Crippen MR) is 348 cm³/mol. The summed E-state index contributed by atoms with van der Waals surface area (Å²) in [6.07, 6.45) is 93.7. The minimum absolute atomic E-state index is 0.0883. The molecule has 0 N–H and O–H groups in total. The van der Waals surface area contributed by atoms with E-state index in [-0.39, 0.29) is 31.1 Å². The molecule has 0 aromatic rings. The third-order valence-electron chi connectivity index (χ3n) is 14.2. The monoisotopic (exact) mass is 1110 g/mol. The van der Waals surface area contributed by atoms with Gasteiger partial charge in [0.15, 0.2) is 6.10 Å². The molecule has 6 heteroatoms. The number of carbonyl (C=O) groups is 3. The van der Waals surface area contributed by atoms with Gasteiger partial charge in [-0.1, -0.05) is 290 Å². The molecule has 0 bridgehead atoms. The summed E-state index contributed by atoms with van der Waals surface area (Å²) >= 11 is 0. The molecule has 0 aliphatic heterocycles. The fraction of sp³-hybridized carbons (Fsp3) is 0.689. The number of hydrogen-bond acceptors (Lipinski definition) is 6. The minimum atomic E-state index is -0.794. The van der Waals surface area contributed by atoms with Crippen molar-refractivity contribution < 1.29 is 28.6 Å². The molecule has 0 fully saturated rings. The van der Waals surface area contributed by atoms with Gasteiger partial charge < -0.3 is 14.2 Å². The van der Waals surface area contributed by atoms with Gasteiger partial charge in [-0.3, -0.25) is 14.4 Å². The lowest BCUT2D eigenvalue weighted by molar-refractivity contribution is -0.167. The van der Waals surface area contributed by atoms with Crippen LogP contribution in [-0.4, -0.2) is 37.2 Å². The average Bonchev–Trinajstić information content (AvgIpc) is 3.46. The number of hydrogen-bond donors (Lipinski definition) is 0. The minimum Gasteiger partial charge on any atom is -0.462 e. The van der Waals surface area contributed by atoms with Crippen LogP contribution >= 0.6 is 0 Å². The fourth-order valence-electron chi connectivity index (χ4n) is 9.23. The van der Waals surface area contributed by atoms with Gasteiger partial charge in [-0.15, -0.1) is 0 Å². The number of esters is 3. The molecule has 6 nitrogen and oxygen atoms in total. The third-order valence-corrected chi connectivity index (χ3v) is 14.2. The van der Waals surface area contributed by atoms with Gasteiger partial charge in [0.05, 0.1) is 0 Å². The van der Waals surface area contributed by atoms with Gasteiger partial charge in [0.1, 0.15) is 13.2 Å². The van der Waals surface area contributed by atoms with Crippen LogP contribution in [0.3, 0.4) is 0 Å². The van der Waals surface area contributed by atoms with E-state index in [1.54, 1.807) is 0 Å². The van der Waals surface area contributed by atoms with Gasteiger partial charge in [0.25, 0.3) is 0 Å². The van der Waals surface area contributed by atoms with Crippen LogP contribution in [-0.2, 0) is 28.6 Å². The summed E-state index contributed by atoms with van der Waals surface area (Å²) in [6, 6.07) is 0. The van der Waals surface area contributed by atoms with Crippen LogP contribution in [0.5, 0.6) is 0 Å². The summed E-state index contributed by atoms with van der Waals surface area (Å²) in [5, 5.41) is 0. The zero-order chi connectivity index (χ0) is 57.8. The number of allylic oxidation sites excluding steroid dienone is 20. The van der Waals surface area contributed by atoms with E-state index in [1.165, 1.54) is 116 Å². The average molecular weight is 1110 g/mol. The van der Waals surface area contributed by atoms with Crippen LogP contribution in [0.15, 0.2) is 122 Å². The van der Waals surface area contributed by atoms with Gasteiger partial charge in [-0.2, -0.15) is 0 Å². The Morgan fingerprint density at radius 3 is 0.775 bits per heavy atom. The second-order valence-electron chi connectivity index (χ2n) is 22.0. The molecule has 456 valence electrons. The first-order chi connectivity index (χ1) is 39.5. The van der Waals surface area contributed by atoms with Gasteiger partial charge in [0.2, 0.25) is 0 Å². The Labute approximate surface area is 494 Å². The maximum absolute atomic E-state index is 12.9. The van der Waals surface area contributed by atoms with E-state index >= 15 is 0 Å². The SMILES string of the molecule is CC/C=C\C/C=C\C/C=C\C/C=C\C/C=C\CCCCCCCC(=O)OC(COC(=O)CCCCCCC/C=C\CCC)COC(=O)CCCCCCCCCCCCCCCCCCCC/C=C\C/C=C\C/C=C\C/C=C\CC. The van der Waals surface area contributed by atoms with Crippen molar-refractivity contribution in [3.8, 4) is 0 Å². The molecule has 80 heavy (non-hydrogen) atoms. The molecular weight excluding hydrogens is 985 g/mol. The largest absolute Gasteiger partial charge is 0.462 e. The summed E-state index contributed by atoms with van der Waals surface area (Å²) in [7, 11) is 0. The van der Waals surface area contributed by atoms with Crippen LogP contribution in [0.1, 0.15) is 310 Å². The molecular formula is C74H124O6. The van der Waals surface area contributed by atoms with Gasteiger partial charge >= 0.3 is 17.9 Å². The van der Waals surface area contributed by atoms with Crippen LogP contribution in [0.4, 0.5) is 0 Å². The van der Waals surface area contributed by atoms with Crippen molar-refractivity contribution in [2.24, 2.45) is 0 Å². The number of ether oxygens (including phenoxy) is 3. The smallest absolute Gasteiger partial charge is 0.306 e. The molecule has 0 amide bonds. The van der Waals surface area contributed by atoms with E-state index in [4.69, 9.17) is 14.2 Å². The lowest BCUT2D eigenvalue weighted by Crippen LogP contribution is -2.30. The quantitative estimate of drug-likeness (QED) is 0.0261. The second-order valence-corrected chi connectivity index (χ2v) is 22.0. The van der Waals surface area contributed by atoms with E-state index in [2.05, 4.69) is 142 Å². The molecule has 1 atom stereocenters. The normalized spacial score (nSPS) is 12.9. The van der Waals surface area contributed by atoms with Gasteiger partial charge in [-0.25, -0.2) is 0 Å². The van der Waals surface area contributed by atoms with Crippen molar-refractivity contribution >= 4 is 17.9 Å². The Hall–Kier alpha value is -4.19. The number of carbonyl (C=O) groups excluding carboxylic acids is 3. The van der Waals surface area contributed by atoms with E-state index in [0.717, 1.165) is 154 Å². The Morgan fingerprint density at radius 2 is 0.487 bits per heavy atom. The molecule has 0 heterocycles. The lowest BCUT2D eigenvalue weighted by Gasteiger charge is -2.18. The zero-order valence-corrected chi connectivity index (χ0v) is 52.3. The van der Waals surface area contributed by atoms with Crippen LogP contribution in [0, 0.1) is 0 Å². The van der Waals surface area contributed by atoms with Crippen molar-refractivity contribution in [1.82, 2.24) is 0 Å². The summed E-state index contributed by atoms with van der Waals surface area (Å²) in [6.45, 7) is 6.35. The van der Waals surface area contributed by atoms with Gasteiger partial charge in [-0.05, 0) is 122 Å². The van der Waals surface area contributed by atoms with Crippen molar-refractivity contribution in [1.29, 1.82) is 0 Å². The molecule has 0 saturated heterocycles. The molecule has 0 radical (unpaired) electrons. The van der Waals surface area contributed by atoms with E-state index in [9.17, 15) is 14.4 Å². The summed E-state index contributed by atoms with van der Waals surface area (Å²) < 4.78 is 16.9. The maximum Gasteiger partial charge on any atom is 0.306 e. The molecule has 0 spiro atoms. The van der Waals surface area contributed by atoms with Crippen LogP contribution in [0.2, 0.25) is 0 Å². The van der Waals surface area contributed by atoms with E-state index in [0.29, 0.717) is 19.3 Å². The van der Waals surface area contributed by atoms with E-state index < -0.39 is 6.10 Å². The molecule has 0 saturated carbocycles. The highest BCUT2D eigenvalue weighted by molar-refractivity contribution is 5.71. The number of rotatable bonds is 60.